The van der Waals surface area contributed by atoms with Gasteiger partial charge in [0.2, 0.25) is 0 Å². The molecule has 0 amide bonds. The first-order chi connectivity index (χ1) is 8.70. The molecule has 3 atom stereocenters. The predicted octanol–water partition coefficient (Wildman–Crippen LogP) is 2.29. The average Bonchev–Trinajstić information content (AvgIpc) is 3.10. The average molecular weight is 247 g/mol. The Bertz CT molecular complexity index is 344. The van der Waals surface area contributed by atoms with Crippen molar-refractivity contribution in [1.82, 2.24) is 10.2 Å². The summed E-state index contributed by atoms with van der Waals surface area (Å²) in [6.07, 6.45) is 9.44. The molecule has 3 unspecified atom stereocenters. The van der Waals surface area contributed by atoms with E-state index in [0.29, 0.717) is 6.04 Å². The van der Waals surface area contributed by atoms with Crippen molar-refractivity contribution >= 4 is 0 Å². The Kier molecular flexibility index (Phi) is 3.34. The molecule has 3 aliphatic rings. The number of hydrogen-bond acceptors (Lipinski definition) is 3. The van der Waals surface area contributed by atoms with E-state index in [1.807, 2.05) is 0 Å². The molecule has 0 aromatic carbocycles. The molecule has 1 heterocycles. The van der Waals surface area contributed by atoms with Crippen LogP contribution in [0.4, 0.5) is 0 Å². The number of rotatable bonds is 4. The van der Waals surface area contributed by atoms with Gasteiger partial charge in [-0.25, -0.2) is 0 Å². The van der Waals surface area contributed by atoms with E-state index in [-0.39, 0.29) is 5.54 Å². The van der Waals surface area contributed by atoms with Crippen molar-refractivity contribution in [2.45, 2.75) is 69.5 Å². The minimum absolute atomic E-state index is 0.340. The van der Waals surface area contributed by atoms with Crippen LogP contribution < -0.4 is 5.32 Å². The third kappa shape index (κ3) is 2.55. The van der Waals surface area contributed by atoms with E-state index in [1.165, 1.54) is 51.5 Å². The van der Waals surface area contributed by atoms with E-state index in [0.717, 1.165) is 18.5 Å². The standard InChI is InChI=1S/C15H25N3/c1-15(10-16,17-13-6-7-13)11-18-9-8-12-4-2-3-5-14(12)18/h12-14,17H,2-9,11H2,1H3. The molecule has 0 radical (unpaired) electrons. The zero-order chi connectivity index (χ0) is 12.6. The zero-order valence-electron chi connectivity index (χ0n) is 11.5. The molecule has 3 rings (SSSR count). The highest BCUT2D eigenvalue weighted by atomic mass is 15.2. The molecule has 2 saturated carbocycles. The van der Waals surface area contributed by atoms with Crippen LogP contribution in [-0.4, -0.2) is 35.6 Å². The fourth-order valence-electron chi connectivity index (χ4n) is 3.90. The summed E-state index contributed by atoms with van der Waals surface area (Å²) in [4.78, 5) is 2.60. The molecule has 1 saturated heterocycles. The normalized spacial score (nSPS) is 35.8. The Balaban J connectivity index is 1.62. The third-order valence-corrected chi connectivity index (χ3v) is 4.99. The van der Waals surface area contributed by atoms with Gasteiger partial charge in [0.05, 0.1) is 6.07 Å². The summed E-state index contributed by atoms with van der Waals surface area (Å²) in [6.45, 7) is 4.21. The van der Waals surface area contributed by atoms with Gasteiger partial charge < -0.3 is 0 Å². The van der Waals surface area contributed by atoms with Crippen molar-refractivity contribution in [3.8, 4) is 6.07 Å². The van der Waals surface area contributed by atoms with Gasteiger partial charge in [-0.05, 0) is 51.5 Å². The van der Waals surface area contributed by atoms with Crippen molar-refractivity contribution in [3.05, 3.63) is 0 Å². The van der Waals surface area contributed by atoms with Crippen LogP contribution in [-0.2, 0) is 0 Å². The van der Waals surface area contributed by atoms with Crippen molar-refractivity contribution in [1.29, 1.82) is 5.26 Å². The molecule has 2 aliphatic carbocycles. The summed E-state index contributed by atoms with van der Waals surface area (Å²) in [5.41, 5.74) is -0.340. The van der Waals surface area contributed by atoms with Crippen LogP contribution in [0.5, 0.6) is 0 Å². The molecule has 0 aromatic heterocycles. The number of nitrogens with one attached hydrogen (secondary N) is 1. The highest BCUT2D eigenvalue weighted by molar-refractivity contribution is 5.10. The van der Waals surface area contributed by atoms with Crippen molar-refractivity contribution < 1.29 is 0 Å². The molecule has 0 spiro atoms. The lowest BCUT2D eigenvalue weighted by Gasteiger charge is -2.36. The number of nitriles is 1. The molecule has 3 nitrogen and oxygen atoms in total. The molecule has 100 valence electrons. The monoisotopic (exact) mass is 247 g/mol. The van der Waals surface area contributed by atoms with Gasteiger partial charge in [-0.1, -0.05) is 12.8 Å². The molecule has 3 heteroatoms. The summed E-state index contributed by atoms with van der Waals surface area (Å²) in [5.74, 6) is 0.919. The molecule has 0 aromatic rings. The largest absolute Gasteiger partial charge is 0.297 e. The quantitative estimate of drug-likeness (QED) is 0.828. The maximum atomic E-state index is 9.48. The molecular formula is C15H25N3. The maximum absolute atomic E-state index is 9.48. The van der Waals surface area contributed by atoms with Gasteiger partial charge in [-0.15, -0.1) is 0 Å². The minimum Gasteiger partial charge on any atom is -0.297 e. The molecule has 18 heavy (non-hydrogen) atoms. The van der Waals surface area contributed by atoms with Crippen LogP contribution in [0.2, 0.25) is 0 Å². The Hall–Kier alpha value is -0.590. The lowest BCUT2D eigenvalue weighted by Crippen LogP contribution is -2.53. The van der Waals surface area contributed by atoms with Gasteiger partial charge in [0.15, 0.2) is 0 Å². The first-order valence-electron chi connectivity index (χ1n) is 7.63. The summed E-state index contributed by atoms with van der Waals surface area (Å²) in [6, 6.07) is 3.90. The van der Waals surface area contributed by atoms with Crippen LogP contribution in [0.25, 0.3) is 0 Å². The number of fused-ring (bicyclic) bond motifs is 1. The number of likely N-dealkylation sites (tertiary alicyclic amines) is 1. The summed E-state index contributed by atoms with van der Waals surface area (Å²) < 4.78 is 0. The fraction of sp³-hybridized carbons (Fsp3) is 0.933. The van der Waals surface area contributed by atoms with E-state index in [4.69, 9.17) is 0 Å². The third-order valence-electron chi connectivity index (χ3n) is 4.99. The second-order valence-corrected chi connectivity index (χ2v) is 6.73. The maximum Gasteiger partial charge on any atom is 0.116 e. The zero-order valence-corrected chi connectivity index (χ0v) is 11.5. The fourth-order valence-corrected chi connectivity index (χ4v) is 3.90. The van der Waals surface area contributed by atoms with E-state index in [1.54, 1.807) is 0 Å². The number of nitrogens with zero attached hydrogens (tertiary/aromatic N) is 2. The molecule has 1 N–H and O–H groups in total. The second-order valence-electron chi connectivity index (χ2n) is 6.73. The summed E-state index contributed by atoms with van der Waals surface area (Å²) >= 11 is 0. The lowest BCUT2D eigenvalue weighted by molar-refractivity contribution is 0.154. The summed E-state index contributed by atoms with van der Waals surface area (Å²) in [5, 5.41) is 13.0. The van der Waals surface area contributed by atoms with E-state index in [2.05, 4.69) is 23.2 Å². The smallest absolute Gasteiger partial charge is 0.116 e. The van der Waals surface area contributed by atoms with Crippen LogP contribution in [0.1, 0.15) is 51.9 Å². The van der Waals surface area contributed by atoms with E-state index in [9.17, 15) is 5.26 Å². The highest BCUT2D eigenvalue weighted by Crippen LogP contribution is 2.37. The van der Waals surface area contributed by atoms with Crippen LogP contribution in [0.3, 0.4) is 0 Å². The van der Waals surface area contributed by atoms with E-state index < -0.39 is 0 Å². The minimum atomic E-state index is -0.340. The Morgan fingerprint density at radius 3 is 2.72 bits per heavy atom. The number of hydrogen-bond donors (Lipinski definition) is 1. The SMILES string of the molecule is CC(C#N)(CN1CCC2CCCCC21)NC1CC1. The molecule has 3 fully saturated rings. The van der Waals surface area contributed by atoms with Crippen LogP contribution in [0.15, 0.2) is 0 Å². The van der Waals surface area contributed by atoms with Gasteiger partial charge in [0.1, 0.15) is 5.54 Å². The Morgan fingerprint density at radius 1 is 1.22 bits per heavy atom. The van der Waals surface area contributed by atoms with Gasteiger partial charge in [-0.3, -0.25) is 10.2 Å². The first-order valence-corrected chi connectivity index (χ1v) is 7.63. The first kappa shape index (κ1) is 12.4. The van der Waals surface area contributed by atoms with Gasteiger partial charge in [0.25, 0.3) is 0 Å². The lowest BCUT2D eigenvalue weighted by atomic mass is 9.85. The van der Waals surface area contributed by atoms with Crippen molar-refractivity contribution in [2.75, 3.05) is 13.1 Å². The Labute approximate surface area is 111 Å². The second kappa shape index (κ2) is 4.83. The van der Waals surface area contributed by atoms with Gasteiger partial charge >= 0.3 is 0 Å². The summed E-state index contributed by atoms with van der Waals surface area (Å²) in [7, 11) is 0. The molecule has 1 aliphatic heterocycles. The molecular weight excluding hydrogens is 222 g/mol. The van der Waals surface area contributed by atoms with Gasteiger partial charge in [0, 0.05) is 18.6 Å². The Morgan fingerprint density at radius 2 is 2.00 bits per heavy atom. The van der Waals surface area contributed by atoms with Crippen LogP contribution in [0, 0.1) is 17.2 Å². The van der Waals surface area contributed by atoms with E-state index >= 15 is 0 Å². The van der Waals surface area contributed by atoms with Crippen LogP contribution >= 0.6 is 0 Å². The highest BCUT2D eigenvalue weighted by Gasteiger charge is 2.40. The van der Waals surface area contributed by atoms with Gasteiger partial charge in [-0.2, -0.15) is 5.26 Å². The van der Waals surface area contributed by atoms with Crippen molar-refractivity contribution in [2.24, 2.45) is 5.92 Å². The topological polar surface area (TPSA) is 39.1 Å². The van der Waals surface area contributed by atoms with Crippen molar-refractivity contribution in [3.63, 3.8) is 0 Å². The molecule has 0 bridgehead atoms. The predicted molar refractivity (Wildman–Crippen MR) is 72.1 cm³/mol.